The second kappa shape index (κ2) is 16.8. The molecule has 2 aromatic heterocycles. The number of rotatable bonds is 14. The topological polar surface area (TPSA) is 110 Å². The van der Waals surface area contributed by atoms with Gasteiger partial charge in [0.15, 0.2) is 48.2 Å². The smallest absolute Gasteiger partial charge is 0.415 e. The van der Waals surface area contributed by atoms with E-state index in [2.05, 4.69) is 126 Å². The fourth-order valence-corrected chi connectivity index (χ4v) is 9.95. The molecule has 314 valence electrons. The minimum absolute atomic E-state index is 0.0210. The van der Waals surface area contributed by atoms with E-state index in [0.717, 1.165) is 11.6 Å². The van der Waals surface area contributed by atoms with Crippen molar-refractivity contribution in [2.24, 2.45) is 0 Å². The van der Waals surface area contributed by atoms with Crippen LogP contribution < -0.4 is 4.90 Å². The highest BCUT2D eigenvalue weighted by atomic mass is 28.4. The van der Waals surface area contributed by atoms with Crippen LogP contribution >= 0.6 is 0 Å². The highest BCUT2D eigenvalue weighted by molar-refractivity contribution is 6.76. The molecule has 4 rings (SSSR count). The van der Waals surface area contributed by atoms with Crippen molar-refractivity contribution in [1.82, 2.24) is 19.5 Å². The first kappa shape index (κ1) is 46.4. The molecule has 0 N–H and O–H groups in total. The second-order valence-electron chi connectivity index (χ2n) is 21.3. The third-order valence-corrected chi connectivity index (χ3v) is 27.7. The summed E-state index contributed by atoms with van der Waals surface area (Å²) in [4.78, 5) is 29.8. The number of anilines is 1. The van der Waals surface area contributed by atoms with Gasteiger partial charge >= 0.3 is 6.09 Å². The average Bonchev–Trinajstić information content (AvgIpc) is 3.61. The standard InChI is InChI=1S/C41H73N5O6Si4/c1-39(2,3)54(13,14)49-27-31-33(51-55(15,16)40(4,5)6)34(52-56(17,18)41(7,8)9)37(50-31)46-29-44-32-35(42-28-43-36(32)46)45(26-30-22-20-19-21-23-30)38(47)48-24-25-53(10,11)12/h19-23,28-29,31,33-34,37H,24-27H2,1-18H3/t31-,33-,34-,37-/m1/s1. The summed E-state index contributed by atoms with van der Waals surface area (Å²) in [5, 5.41) is -0.102. The van der Waals surface area contributed by atoms with Gasteiger partial charge in [0.2, 0.25) is 0 Å². The minimum atomic E-state index is -2.40. The number of benzene rings is 1. The number of imidazole rings is 1. The lowest BCUT2D eigenvalue weighted by Gasteiger charge is -2.44. The van der Waals surface area contributed by atoms with Crippen LogP contribution in [0.1, 0.15) is 74.1 Å². The first-order valence-corrected chi connectivity index (χ1v) is 32.7. The zero-order chi connectivity index (χ0) is 42.3. The molecule has 1 fully saturated rings. The Morgan fingerprint density at radius 1 is 0.768 bits per heavy atom. The largest absolute Gasteiger partial charge is 0.449 e. The predicted octanol–water partition coefficient (Wildman–Crippen LogP) is 11.0. The fourth-order valence-electron chi connectivity index (χ4n) is 5.61. The maximum atomic E-state index is 13.9. The summed E-state index contributed by atoms with van der Waals surface area (Å²) in [6.07, 6.45) is 0.828. The number of fused-ring (bicyclic) bond motifs is 1. The molecule has 56 heavy (non-hydrogen) atoms. The van der Waals surface area contributed by atoms with E-state index >= 15 is 0 Å². The van der Waals surface area contributed by atoms with E-state index in [0.29, 0.717) is 30.2 Å². The van der Waals surface area contributed by atoms with Crippen LogP contribution in [0.15, 0.2) is 43.0 Å². The van der Waals surface area contributed by atoms with Crippen molar-refractivity contribution in [3.05, 3.63) is 48.5 Å². The van der Waals surface area contributed by atoms with Gasteiger partial charge in [0.25, 0.3) is 0 Å². The third kappa shape index (κ3) is 10.9. The van der Waals surface area contributed by atoms with Crippen LogP contribution in [-0.4, -0.2) is 90.2 Å². The molecule has 0 saturated carbocycles. The van der Waals surface area contributed by atoms with Crippen LogP contribution in [0.2, 0.25) is 80.1 Å². The van der Waals surface area contributed by atoms with Crippen molar-refractivity contribution in [3.8, 4) is 0 Å². The van der Waals surface area contributed by atoms with Crippen molar-refractivity contribution in [1.29, 1.82) is 0 Å². The second-order valence-corrected chi connectivity index (χ2v) is 41.3. The molecule has 1 saturated heterocycles. The molecule has 0 aliphatic carbocycles. The Morgan fingerprint density at radius 3 is 1.86 bits per heavy atom. The molecule has 3 aromatic rings. The highest BCUT2D eigenvalue weighted by Crippen LogP contribution is 2.47. The van der Waals surface area contributed by atoms with Crippen molar-refractivity contribution < 1.29 is 27.5 Å². The lowest BCUT2D eigenvalue weighted by atomic mass is 10.1. The summed E-state index contributed by atoms with van der Waals surface area (Å²) in [5.41, 5.74) is 1.95. The molecule has 15 heteroatoms. The lowest BCUT2D eigenvalue weighted by molar-refractivity contribution is -0.0470. The van der Waals surface area contributed by atoms with Gasteiger partial charge in [0.1, 0.15) is 24.6 Å². The Bertz CT molecular complexity index is 1780. The highest BCUT2D eigenvalue weighted by Gasteiger charge is 2.55. The monoisotopic (exact) mass is 843 g/mol. The number of amides is 1. The van der Waals surface area contributed by atoms with Crippen LogP contribution in [0.25, 0.3) is 11.2 Å². The van der Waals surface area contributed by atoms with E-state index in [1.54, 1.807) is 11.2 Å². The zero-order valence-corrected chi connectivity index (χ0v) is 41.9. The van der Waals surface area contributed by atoms with Gasteiger partial charge in [-0.2, -0.15) is 0 Å². The van der Waals surface area contributed by atoms with Crippen LogP contribution in [0.4, 0.5) is 10.6 Å². The fraction of sp³-hybridized carbons (Fsp3) is 0.707. The summed E-state index contributed by atoms with van der Waals surface area (Å²) in [6.45, 7) is 41.7. The van der Waals surface area contributed by atoms with E-state index < -0.39 is 63.7 Å². The summed E-state index contributed by atoms with van der Waals surface area (Å²) in [6, 6.07) is 10.7. The Hall–Kier alpha value is -2.25. The third-order valence-electron chi connectivity index (χ3n) is 12.5. The molecule has 0 radical (unpaired) electrons. The van der Waals surface area contributed by atoms with Gasteiger partial charge in [-0.25, -0.2) is 19.7 Å². The predicted molar refractivity (Wildman–Crippen MR) is 239 cm³/mol. The zero-order valence-electron chi connectivity index (χ0n) is 37.9. The molecular weight excluding hydrogens is 771 g/mol. The van der Waals surface area contributed by atoms with Crippen LogP contribution in [0.3, 0.4) is 0 Å². The van der Waals surface area contributed by atoms with E-state index in [1.807, 2.05) is 34.9 Å². The normalized spacial score (nSPS) is 20.5. The molecule has 1 aromatic carbocycles. The van der Waals surface area contributed by atoms with Crippen LogP contribution in [0, 0.1) is 0 Å². The Labute approximate surface area is 342 Å². The molecule has 1 aliphatic heterocycles. The van der Waals surface area contributed by atoms with Gasteiger partial charge in [-0.1, -0.05) is 112 Å². The number of aromatic nitrogens is 4. The summed E-state index contributed by atoms with van der Waals surface area (Å²) in [5.74, 6) is 0.377. The molecular formula is C41H73N5O6Si4. The van der Waals surface area contributed by atoms with E-state index in [-0.39, 0.29) is 21.7 Å². The van der Waals surface area contributed by atoms with E-state index in [4.69, 9.17) is 32.7 Å². The molecule has 3 heterocycles. The summed E-state index contributed by atoms with van der Waals surface area (Å²) in [7, 11) is -8.34. The molecule has 1 amide bonds. The van der Waals surface area contributed by atoms with Crippen LogP contribution in [0.5, 0.6) is 0 Å². The van der Waals surface area contributed by atoms with Crippen molar-refractivity contribution in [2.45, 2.75) is 173 Å². The number of nitrogens with zero attached hydrogens (tertiary/aromatic N) is 5. The molecule has 1 aliphatic rings. The summed E-state index contributed by atoms with van der Waals surface area (Å²) >= 11 is 0. The number of ether oxygens (including phenoxy) is 2. The van der Waals surface area contributed by atoms with Crippen molar-refractivity contribution in [2.75, 3.05) is 18.1 Å². The van der Waals surface area contributed by atoms with E-state index in [9.17, 15) is 4.79 Å². The van der Waals surface area contributed by atoms with Gasteiger partial charge in [0, 0.05) is 8.07 Å². The molecule has 4 atom stereocenters. The SMILES string of the molecule is CC(C)(C)[Si](C)(C)OC[C@H]1O[C@@H](n2cnc3c(N(Cc4ccccc4)C(=O)OCC[Si](C)(C)C)ncnc32)[C@H](O[Si](C)(C)C(C)(C)C)[C@@H]1O[Si](C)(C)C(C)(C)C. The number of carbonyl (C=O) groups is 1. The van der Waals surface area contributed by atoms with Gasteiger partial charge < -0.3 is 22.8 Å². The number of hydrogen-bond acceptors (Lipinski definition) is 9. The first-order chi connectivity index (χ1) is 25.5. The minimum Gasteiger partial charge on any atom is -0.449 e. The maximum Gasteiger partial charge on any atom is 0.415 e. The quantitative estimate of drug-likeness (QED) is 0.146. The van der Waals surface area contributed by atoms with Gasteiger partial charge in [-0.15, -0.1) is 0 Å². The average molecular weight is 844 g/mol. The van der Waals surface area contributed by atoms with Crippen molar-refractivity contribution >= 4 is 56.1 Å². The van der Waals surface area contributed by atoms with Crippen molar-refractivity contribution in [3.63, 3.8) is 0 Å². The first-order valence-electron chi connectivity index (χ1n) is 20.3. The summed E-state index contributed by atoms with van der Waals surface area (Å²) < 4.78 is 36.7. The Balaban J connectivity index is 1.86. The Kier molecular flexibility index (Phi) is 13.9. The van der Waals surface area contributed by atoms with Gasteiger partial charge in [-0.05, 0) is 66.0 Å². The van der Waals surface area contributed by atoms with Gasteiger partial charge in [-0.3, -0.25) is 9.47 Å². The molecule has 0 unspecified atom stereocenters. The van der Waals surface area contributed by atoms with Crippen LogP contribution in [-0.2, 0) is 29.3 Å². The maximum absolute atomic E-state index is 13.9. The molecule has 0 bridgehead atoms. The lowest BCUT2D eigenvalue weighted by Crippen LogP contribution is -2.54. The Morgan fingerprint density at radius 2 is 1.32 bits per heavy atom. The molecule has 0 spiro atoms. The van der Waals surface area contributed by atoms with Gasteiger partial charge in [0.05, 0.1) is 26.1 Å². The number of hydrogen-bond donors (Lipinski definition) is 0. The molecule has 11 nitrogen and oxygen atoms in total. The van der Waals surface area contributed by atoms with E-state index in [1.165, 1.54) is 6.33 Å². The number of carbonyl (C=O) groups excluding carboxylic acids is 1.